The molecule has 0 bridgehead atoms. The van der Waals surface area contributed by atoms with E-state index in [-0.39, 0.29) is 6.03 Å². The van der Waals surface area contributed by atoms with Crippen LogP contribution in [0.4, 0.5) is 16.2 Å². The third kappa shape index (κ3) is 4.69. The van der Waals surface area contributed by atoms with Crippen molar-refractivity contribution in [2.45, 2.75) is 38.6 Å². The van der Waals surface area contributed by atoms with Crippen LogP contribution in [0.1, 0.15) is 53.6 Å². The van der Waals surface area contributed by atoms with Gasteiger partial charge in [-0.25, -0.2) is 14.6 Å². The molecular formula is C29H29N3O3. The summed E-state index contributed by atoms with van der Waals surface area (Å²) in [5.41, 5.74) is 4.90. The molecule has 178 valence electrons. The summed E-state index contributed by atoms with van der Waals surface area (Å²) in [5.74, 6) is -0.0922. The van der Waals surface area contributed by atoms with Crippen LogP contribution >= 0.6 is 0 Å². The molecule has 1 heterocycles. The largest absolute Gasteiger partial charge is 0.465 e. The van der Waals surface area contributed by atoms with Crippen LogP contribution in [0.3, 0.4) is 0 Å². The zero-order chi connectivity index (χ0) is 24.2. The van der Waals surface area contributed by atoms with Gasteiger partial charge in [0.2, 0.25) is 0 Å². The fourth-order valence-corrected chi connectivity index (χ4v) is 4.98. The molecular weight excluding hydrogens is 438 g/mol. The summed E-state index contributed by atoms with van der Waals surface area (Å²) in [5, 5.41) is 6.63. The number of hydrazone groups is 1. The molecule has 0 spiro atoms. The van der Waals surface area contributed by atoms with E-state index in [2.05, 4.69) is 6.07 Å². The number of anilines is 2. The van der Waals surface area contributed by atoms with E-state index in [1.54, 1.807) is 34.2 Å². The van der Waals surface area contributed by atoms with Gasteiger partial charge in [-0.1, -0.05) is 67.8 Å². The van der Waals surface area contributed by atoms with Crippen molar-refractivity contribution in [2.24, 2.45) is 11.0 Å². The number of benzene rings is 3. The summed E-state index contributed by atoms with van der Waals surface area (Å²) in [7, 11) is 1.36. The maximum atomic E-state index is 14.1. The van der Waals surface area contributed by atoms with Gasteiger partial charge >= 0.3 is 12.0 Å². The number of fused-ring (bicyclic) bond motifs is 1. The molecule has 35 heavy (non-hydrogen) atoms. The summed E-state index contributed by atoms with van der Waals surface area (Å²) in [6.45, 7) is 0.376. The van der Waals surface area contributed by atoms with Crippen molar-refractivity contribution >= 4 is 29.1 Å². The third-order valence-electron chi connectivity index (χ3n) is 6.78. The molecule has 3 aromatic carbocycles. The summed E-state index contributed by atoms with van der Waals surface area (Å²) < 4.78 is 4.84. The molecule has 5 rings (SSSR count). The molecule has 0 aromatic heterocycles. The Bertz CT molecular complexity index is 1230. The lowest BCUT2D eigenvalue weighted by atomic mass is 9.83. The molecule has 0 radical (unpaired) electrons. The van der Waals surface area contributed by atoms with Crippen molar-refractivity contribution in [2.75, 3.05) is 12.0 Å². The lowest BCUT2D eigenvalue weighted by Gasteiger charge is -2.27. The van der Waals surface area contributed by atoms with E-state index in [9.17, 15) is 9.59 Å². The first-order valence-corrected chi connectivity index (χ1v) is 12.2. The van der Waals surface area contributed by atoms with Crippen LogP contribution < -0.4 is 4.90 Å². The number of methoxy groups -OCH3 is 1. The number of nitrogens with zero attached hydrogens (tertiary/aromatic N) is 3. The highest BCUT2D eigenvalue weighted by Crippen LogP contribution is 2.37. The molecule has 0 saturated heterocycles. The molecule has 1 fully saturated rings. The predicted molar refractivity (Wildman–Crippen MR) is 137 cm³/mol. The van der Waals surface area contributed by atoms with Gasteiger partial charge in [0.05, 0.1) is 36.3 Å². The molecule has 0 atom stereocenters. The van der Waals surface area contributed by atoms with Gasteiger partial charge in [-0.3, -0.25) is 4.90 Å². The average molecular weight is 468 g/mol. The number of carbonyl (C=O) groups is 2. The Morgan fingerprint density at radius 1 is 0.914 bits per heavy atom. The van der Waals surface area contributed by atoms with Crippen LogP contribution in [0, 0.1) is 5.92 Å². The van der Waals surface area contributed by atoms with Crippen LogP contribution in [0.15, 0.2) is 84.0 Å². The first-order chi connectivity index (χ1) is 17.2. The van der Waals surface area contributed by atoms with Gasteiger partial charge in [-0.2, -0.15) is 5.10 Å². The van der Waals surface area contributed by atoms with Crippen molar-refractivity contribution in [1.29, 1.82) is 0 Å². The van der Waals surface area contributed by atoms with E-state index in [1.807, 2.05) is 48.5 Å². The molecule has 6 nitrogen and oxygen atoms in total. The van der Waals surface area contributed by atoms with E-state index < -0.39 is 5.97 Å². The van der Waals surface area contributed by atoms with Gasteiger partial charge in [0, 0.05) is 11.5 Å². The van der Waals surface area contributed by atoms with Gasteiger partial charge in [0.25, 0.3) is 0 Å². The van der Waals surface area contributed by atoms with Gasteiger partial charge in [-0.05, 0) is 48.7 Å². The second-order valence-electron chi connectivity index (χ2n) is 9.04. The molecule has 3 aromatic rings. The minimum atomic E-state index is -0.409. The van der Waals surface area contributed by atoms with Crippen molar-refractivity contribution in [3.63, 3.8) is 0 Å². The smallest absolute Gasteiger partial charge is 0.349 e. The minimum Gasteiger partial charge on any atom is -0.465 e. The second-order valence-corrected chi connectivity index (χ2v) is 9.04. The first-order valence-electron chi connectivity index (χ1n) is 12.2. The van der Waals surface area contributed by atoms with Crippen molar-refractivity contribution in [3.05, 3.63) is 95.6 Å². The standard InChI is InChI=1S/C29H29N3O3/c1-35-28(33)23-16-18-24(19-17-23)32-26-15-9-8-14-25(26)27(22-12-6-3-7-13-22)30-31(29(32)34)20-21-10-4-2-5-11-21/h2,4-5,8-11,14-19,22H,3,6-7,12-13,20H2,1H3. The number of para-hydroxylation sites is 1. The number of hydrogen-bond acceptors (Lipinski definition) is 4. The van der Waals surface area contributed by atoms with Crippen LogP contribution in [0.5, 0.6) is 0 Å². The number of esters is 1. The fourth-order valence-electron chi connectivity index (χ4n) is 4.98. The second kappa shape index (κ2) is 10.1. The monoisotopic (exact) mass is 467 g/mol. The lowest BCUT2D eigenvalue weighted by Crippen LogP contribution is -2.36. The zero-order valence-corrected chi connectivity index (χ0v) is 19.9. The van der Waals surface area contributed by atoms with Crippen molar-refractivity contribution < 1.29 is 14.3 Å². The molecule has 1 aliphatic heterocycles. The first kappa shape index (κ1) is 22.8. The normalized spacial score (nSPS) is 16.4. The Balaban J connectivity index is 1.62. The lowest BCUT2D eigenvalue weighted by molar-refractivity contribution is 0.0600. The Hall–Kier alpha value is -3.93. The number of hydrogen-bond donors (Lipinski definition) is 0. The summed E-state index contributed by atoms with van der Waals surface area (Å²) >= 11 is 0. The molecule has 2 aliphatic rings. The average Bonchev–Trinajstić information content (AvgIpc) is 3.04. The van der Waals surface area contributed by atoms with E-state index in [0.717, 1.165) is 35.4 Å². The Labute approximate surface area is 205 Å². The molecule has 0 unspecified atom stereocenters. The van der Waals surface area contributed by atoms with Gasteiger partial charge in [0.15, 0.2) is 0 Å². The highest BCUT2D eigenvalue weighted by molar-refractivity contribution is 6.13. The SMILES string of the molecule is COC(=O)c1ccc(N2C(=O)N(Cc3ccccc3)N=C(C3CCCCC3)c3ccccc32)cc1. The Morgan fingerprint density at radius 3 is 2.31 bits per heavy atom. The Morgan fingerprint density at radius 2 is 1.60 bits per heavy atom. The van der Waals surface area contributed by atoms with E-state index in [4.69, 9.17) is 9.84 Å². The zero-order valence-electron chi connectivity index (χ0n) is 19.9. The molecule has 0 N–H and O–H groups in total. The fraction of sp³-hybridized carbons (Fsp3) is 0.276. The summed E-state index contributed by atoms with van der Waals surface area (Å²) in [6, 6.07) is 24.7. The highest BCUT2D eigenvalue weighted by Gasteiger charge is 2.34. The van der Waals surface area contributed by atoms with Crippen LogP contribution in [0.25, 0.3) is 0 Å². The van der Waals surface area contributed by atoms with Crippen LogP contribution in [0.2, 0.25) is 0 Å². The number of rotatable bonds is 5. The van der Waals surface area contributed by atoms with Crippen LogP contribution in [-0.4, -0.2) is 29.8 Å². The van der Waals surface area contributed by atoms with Gasteiger partial charge < -0.3 is 4.74 Å². The number of carbonyl (C=O) groups excluding carboxylic acids is 2. The van der Waals surface area contributed by atoms with E-state index in [1.165, 1.54) is 26.4 Å². The Kier molecular flexibility index (Phi) is 6.62. The van der Waals surface area contributed by atoms with Crippen molar-refractivity contribution in [1.82, 2.24) is 5.01 Å². The molecule has 1 aliphatic carbocycles. The minimum absolute atomic E-state index is 0.224. The quantitative estimate of drug-likeness (QED) is 0.401. The summed E-state index contributed by atoms with van der Waals surface area (Å²) in [4.78, 5) is 27.7. The molecule has 1 saturated carbocycles. The van der Waals surface area contributed by atoms with E-state index in [0.29, 0.717) is 23.7 Å². The maximum absolute atomic E-state index is 14.1. The summed E-state index contributed by atoms with van der Waals surface area (Å²) in [6.07, 6.45) is 5.76. The predicted octanol–water partition coefficient (Wildman–Crippen LogP) is 6.53. The van der Waals surface area contributed by atoms with E-state index >= 15 is 0 Å². The molecule has 6 heteroatoms. The highest BCUT2D eigenvalue weighted by atomic mass is 16.5. The number of urea groups is 1. The van der Waals surface area contributed by atoms with Crippen LogP contribution in [-0.2, 0) is 11.3 Å². The number of amides is 2. The third-order valence-corrected chi connectivity index (χ3v) is 6.78. The number of ether oxygens (including phenoxy) is 1. The van der Waals surface area contributed by atoms with Crippen molar-refractivity contribution in [3.8, 4) is 0 Å². The van der Waals surface area contributed by atoms with Gasteiger partial charge in [-0.15, -0.1) is 0 Å². The van der Waals surface area contributed by atoms with Gasteiger partial charge in [0.1, 0.15) is 0 Å². The topological polar surface area (TPSA) is 62.2 Å². The molecule has 2 amide bonds. The maximum Gasteiger partial charge on any atom is 0.349 e.